The smallest absolute Gasteiger partial charge is 0.258 e. The molecule has 1 amide bonds. The van der Waals surface area contributed by atoms with E-state index in [-0.39, 0.29) is 18.0 Å². The molecule has 6 aromatic rings. The van der Waals surface area contributed by atoms with Crippen LogP contribution in [0.5, 0.6) is 0 Å². The van der Waals surface area contributed by atoms with Gasteiger partial charge in [0.2, 0.25) is 0 Å². The maximum absolute atomic E-state index is 13.0. The molecule has 2 aliphatic rings. The Morgan fingerprint density at radius 1 is 0.920 bits per heavy atom. The maximum Gasteiger partial charge on any atom is 0.258 e. The molecule has 9 N–H and O–H groups in total. The molecule has 13 nitrogen and oxygen atoms in total. The van der Waals surface area contributed by atoms with E-state index in [1.165, 1.54) is 0 Å². The van der Waals surface area contributed by atoms with Gasteiger partial charge in [-0.1, -0.05) is 41.9 Å². The molecule has 5 aromatic heterocycles. The molecule has 2 aliphatic heterocycles. The summed E-state index contributed by atoms with van der Waals surface area (Å²) in [5.41, 5.74) is 24.7. The molecule has 8 rings (SSSR count). The van der Waals surface area contributed by atoms with Gasteiger partial charge in [-0.05, 0) is 47.2 Å². The zero-order chi connectivity index (χ0) is 34.8. The van der Waals surface area contributed by atoms with Gasteiger partial charge in [0, 0.05) is 63.1 Å². The predicted molar refractivity (Wildman–Crippen MR) is 204 cm³/mol. The number of anilines is 4. The van der Waals surface area contributed by atoms with Gasteiger partial charge in [0.15, 0.2) is 0 Å². The van der Waals surface area contributed by atoms with Crippen molar-refractivity contribution in [3.63, 3.8) is 0 Å². The molecule has 7 heterocycles. The number of piperidine rings is 2. The van der Waals surface area contributed by atoms with Crippen molar-refractivity contribution < 1.29 is 4.79 Å². The number of H-pyrrole nitrogens is 2. The number of nitrogens with one attached hydrogen (secondary N) is 3. The van der Waals surface area contributed by atoms with E-state index in [0.717, 1.165) is 88.8 Å². The Balaban J connectivity index is 0.000000184. The first kappa shape index (κ1) is 33.8. The third-order valence-corrected chi connectivity index (χ3v) is 10.0. The van der Waals surface area contributed by atoms with Gasteiger partial charge in [-0.3, -0.25) is 9.48 Å². The quantitative estimate of drug-likeness (QED) is 0.128. The number of hydrogen-bond donors (Lipinski definition) is 6. The highest BCUT2D eigenvalue weighted by Crippen LogP contribution is 2.39. The summed E-state index contributed by atoms with van der Waals surface area (Å²) in [5, 5.41) is 9.64. The Morgan fingerprint density at radius 2 is 1.58 bits per heavy atom. The zero-order valence-corrected chi connectivity index (χ0v) is 29.8. The number of benzene rings is 1. The van der Waals surface area contributed by atoms with E-state index in [0.29, 0.717) is 35.0 Å². The van der Waals surface area contributed by atoms with Crippen molar-refractivity contribution in [3.05, 3.63) is 88.1 Å². The molecule has 0 saturated carbocycles. The van der Waals surface area contributed by atoms with Gasteiger partial charge in [-0.15, -0.1) is 0 Å². The fraction of sp³-hybridized carbons (Fsp3) is 0.314. The molecular weight excluding hydrogens is 720 g/mol. The molecular formula is C35H40BrClN12O. The summed E-state index contributed by atoms with van der Waals surface area (Å²) in [6.07, 6.45) is 14.5. The van der Waals surface area contributed by atoms with Crippen LogP contribution in [-0.4, -0.2) is 73.9 Å². The van der Waals surface area contributed by atoms with Gasteiger partial charge in [0.1, 0.15) is 11.3 Å². The van der Waals surface area contributed by atoms with Crippen molar-refractivity contribution >= 4 is 78.3 Å². The lowest BCUT2D eigenvalue weighted by Gasteiger charge is -2.33. The number of aromatic nitrogens is 6. The third kappa shape index (κ3) is 7.15. The summed E-state index contributed by atoms with van der Waals surface area (Å²) in [6.45, 7) is 4.04. The van der Waals surface area contributed by atoms with Crippen molar-refractivity contribution in [3.8, 4) is 0 Å². The van der Waals surface area contributed by atoms with Crippen LogP contribution in [0.1, 0.15) is 41.6 Å². The van der Waals surface area contributed by atoms with Gasteiger partial charge < -0.3 is 42.3 Å². The first-order valence-electron chi connectivity index (χ1n) is 16.7. The van der Waals surface area contributed by atoms with Crippen LogP contribution in [0.25, 0.3) is 22.1 Å². The van der Waals surface area contributed by atoms with Crippen LogP contribution in [0.3, 0.4) is 0 Å². The van der Waals surface area contributed by atoms with Crippen LogP contribution in [0.15, 0.2) is 72.0 Å². The summed E-state index contributed by atoms with van der Waals surface area (Å²) in [5.74, 6) is -0.244. The average molecular weight is 760 g/mol. The Hall–Kier alpha value is -4.63. The number of hydrogen-bond acceptors (Lipinski definition) is 9. The van der Waals surface area contributed by atoms with Crippen LogP contribution in [0.2, 0.25) is 5.02 Å². The molecule has 0 unspecified atom stereocenters. The van der Waals surface area contributed by atoms with Crippen molar-refractivity contribution in [2.24, 2.45) is 11.5 Å². The second kappa shape index (κ2) is 14.7. The number of nitrogen functional groups attached to an aromatic ring is 1. The number of carbonyl (C=O) groups is 1. The topological polar surface area (TPSA) is 189 Å². The number of nitrogens with two attached hydrogens (primary N) is 3. The van der Waals surface area contributed by atoms with E-state index >= 15 is 0 Å². The van der Waals surface area contributed by atoms with Gasteiger partial charge in [-0.25, -0.2) is 9.97 Å². The first-order chi connectivity index (χ1) is 24.2. The van der Waals surface area contributed by atoms with Crippen LogP contribution >= 0.6 is 27.5 Å². The zero-order valence-electron chi connectivity index (χ0n) is 27.4. The highest BCUT2D eigenvalue weighted by atomic mass is 79.9. The van der Waals surface area contributed by atoms with Crippen molar-refractivity contribution in [1.29, 1.82) is 0 Å². The number of amides is 1. The SMILES string of the molecule is N[C@@H]1CCCN(c2c(Cl)cnc3[nH]cc(NC(=O)c4cnn(Cc5ccccc5)c4)c23)C1.Nc1c[nH]c2ncc(Br)c(N3CCC[C@@H](N)C3)c12. The largest absolute Gasteiger partial charge is 0.397 e. The second-order valence-corrected chi connectivity index (χ2v) is 14.1. The molecule has 0 bridgehead atoms. The average Bonchev–Trinajstić information content (AvgIpc) is 3.85. The van der Waals surface area contributed by atoms with Crippen LogP contribution in [0, 0.1) is 0 Å². The summed E-state index contributed by atoms with van der Waals surface area (Å²) < 4.78 is 2.72. The molecule has 15 heteroatoms. The number of aromatic amines is 2. The predicted octanol–water partition coefficient (Wildman–Crippen LogP) is 5.48. The standard InChI is InChI=1S/C23H24ClN7O.C12H16BrN5/c24-18-10-26-22-20(21(18)30-8-4-7-17(25)14-30)19(11-27-22)29-23(32)16-9-28-31(13-16)12-15-5-2-1-3-6-15;13-8-4-16-12-10(9(15)5-17-12)11(8)18-3-1-2-7(14)6-18/h1-3,5-6,9-11,13,17H,4,7-8,12,14,25H2,(H,26,27)(H,29,32);4-5,7H,1-3,6,14-15H2,(H,16,17)/t17-;7-/m11/s1. The molecule has 0 radical (unpaired) electrons. The molecule has 2 atom stereocenters. The van der Waals surface area contributed by atoms with Crippen molar-refractivity contribution in [2.75, 3.05) is 47.0 Å². The van der Waals surface area contributed by atoms with Gasteiger partial charge in [0.05, 0.1) is 67.5 Å². The van der Waals surface area contributed by atoms with E-state index in [1.807, 2.05) is 36.5 Å². The summed E-state index contributed by atoms with van der Waals surface area (Å²) in [7, 11) is 0. The van der Waals surface area contributed by atoms with E-state index in [9.17, 15) is 4.79 Å². The third-order valence-electron chi connectivity index (χ3n) is 9.17. The van der Waals surface area contributed by atoms with Gasteiger partial charge in [0.25, 0.3) is 5.91 Å². The first-order valence-corrected chi connectivity index (χ1v) is 17.9. The minimum Gasteiger partial charge on any atom is -0.397 e. The monoisotopic (exact) mass is 758 g/mol. The molecule has 2 saturated heterocycles. The Kier molecular flexibility index (Phi) is 9.95. The lowest BCUT2D eigenvalue weighted by atomic mass is 10.1. The molecule has 0 spiro atoms. The highest BCUT2D eigenvalue weighted by molar-refractivity contribution is 9.10. The number of halogens is 2. The van der Waals surface area contributed by atoms with Gasteiger partial charge in [-0.2, -0.15) is 5.10 Å². The minimum atomic E-state index is -0.244. The van der Waals surface area contributed by atoms with Crippen molar-refractivity contribution in [2.45, 2.75) is 44.3 Å². The lowest BCUT2D eigenvalue weighted by molar-refractivity contribution is 0.102. The van der Waals surface area contributed by atoms with Crippen LogP contribution < -0.4 is 32.3 Å². The second-order valence-electron chi connectivity index (χ2n) is 12.9. The molecule has 50 heavy (non-hydrogen) atoms. The Morgan fingerprint density at radius 3 is 2.30 bits per heavy atom. The fourth-order valence-electron chi connectivity index (χ4n) is 6.81. The normalized spacial score (nSPS) is 17.9. The number of carbonyl (C=O) groups excluding carboxylic acids is 1. The number of nitrogens with zero attached hydrogens (tertiary/aromatic N) is 6. The highest BCUT2D eigenvalue weighted by Gasteiger charge is 2.25. The maximum atomic E-state index is 13.0. The van der Waals surface area contributed by atoms with Crippen LogP contribution in [0.4, 0.5) is 22.7 Å². The Bertz CT molecular complexity index is 2110. The van der Waals surface area contributed by atoms with E-state index in [4.69, 9.17) is 28.8 Å². The Labute approximate surface area is 302 Å². The fourth-order valence-corrected chi connectivity index (χ4v) is 7.62. The molecule has 1 aromatic carbocycles. The molecule has 0 aliphatic carbocycles. The van der Waals surface area contributed by atoms with Gasteiger partial charge >= 0.3 is 0 Å². The summed E-state index contributed by atoms with van der Waals surface area (Å²) >= 11 is 10.1. The molecule has 2 fully saturated rings. The summed E-state index contributed by atoms with van der Waals surface area (Å²) in [6, 6.07) is 10.3. The van der Waals surface area contributed by atoms with Crippen LogP contribution in [-0.2, 0) is 6.54 Å². The number of rotatable bonds is 6. The molecule has 260 valence electrons. The van der Waals surface area contributed by atoms with E-state index in [2.05, 4.69) is 56.1 Å². The van der Waals surface area contributed by atoms with E-state index < -0.39 is 0 Å². The minimum absolute atomic E-state index is 0.0930. The summed E-state index contributed by atoms with van der Waals surface area (Å²) in [4.78, 5) is 32.4. The lowest BCUT2D eigenvalue weighted by Crippen LogP contribution is -2.43. The number of fused-ring (bicyclic) bond motifs is 2. The van der Waals surface area contributed by atoms with E-state index in [1.54, 1.807) is 35.7 Å². The number of pyridine rings is 2. The van der Waals surface area contributed by atoms with Crippen molar-refractivity contribution in [1.82, 2.24) is 29.7 Å².